The zero-order chi connectivity index (χ0) is 19.3. The van der Waals surface area contributed by atoms with Gasteiger partial charge in [-0.05, 0) is 26.0 Å². The van der Waals surface area contributed by atoms with Gasteiger partial charge in [0.25, 0.3) is 5.69 Å². The number of aldehydes is 1. The number of hydrogen-bond donors (Lipinski definition) is 0. The SMILES string of the molecule is CCCCSc1c(C=O)c(=O)oc2cc(N(CC)CC)c([N+](=O)[O-])cc12. The molecule has 140 valence electrons. The molecule has 8 heteroatoms. The number of benzene rings is 1. The summed E-state index contributed by atoms with van der Waals surface area (Å²) in [5.41, 5.74) is -0.204. The van der Waals surface area contributed by atoms with E-state index >= 15 is 0 Å². The fraction of sp³-hybridized carbons (Fsp3) is 0.444. The van der Waals surface area contributed by atoms with E-state index in [1.165, 1.54) is 23.9 Å². The second-order valence-electron chi connectivity index (χ2n) is 5.72. The van der Waals surface area contributed by atoms with Crippen molar-refractivity contribution >= 4 is 40.4 Å². The molecular formula is C18H22N2O5S. The van der Waals surface area contributed by atoms with Crippen molar-refractivity contribution in [3.8, 4) is 0 Å². The Labute approximate surface area is 155 Å². The van der Waals surface area contributed by atoms with Gasteiger partial charge in [0.2, 0.25) is 0 Å². The molecule has 0 N–H and O–H groups in total. The van der Waals surface area contributed by atoms with Crippen LogP contribution in [0.4, 0.5) is 11.4 Å². The van der Waals surface area contributed by atoms with Crippen LogP contribution in [0.3, 0.4) is 0 Å². The van der Waals surface area contributed by atoms with E-state index in [1.54, 1.807) is 0 Å². The molecule has 0 bridgehead atoms. The van der Waals surface area contributed by atoms with Crippen LogP contribution in [0.25, 0.3) is 11.0 Å². The number of nitro benzene ring substituents is 1. The van der Waals surface area contributed by atoms with Crippen LogP contribution < -0.4 is 10.5 Å². The van der Waals surface area contributed by atoms with Crippen molar-refractivity contribution in [3.05, 3.63) is 38.2 Å². The topological polar surface area (TPSA) is 93.7 Å². The minimum absolute atomic E-state index is 0.0655. The number of thioether (sulfide) groups is 1. The van der Waals surface area contributed by atoms with Crippen molar-refractivity contribution in [1.82, 2.24) is 0 Å². The maximum atomic E-state index is 12.2. The summed E-state index contributed by atoms with van der Waals surface area (Å²) in [6.07, 6.45) is 2.34. The van der Waals surface area contributed by atoms with Gasteiger partial charge in [-0.2, -0.15) is 0 Å². The van der Waals surface area contributed by atoms with Crippen molar-refractivity contribution in [3.63, 3.8) is 0 Å². The predicted octanol–water partition coefficient (Wildman–Crippen LogP) is 4.25. The molecule has 1 aromatic heterocycles. The van der Waals surface area contributed by atoms with Crippen LogP contribution in [-0.2, 0) is 0 Å². The first-order valence-corrected chi connectivity index (χ1v) is 9.59. The minimum atomic E-state index is -0.717. The first-order chi connectivity index (χ1) is 12.5. The molecule has 0 radical (unpaired) electrons. The van der Waals surface area contributed by atoms with E-state index in [9.17, 15) is 19.7 Å². The highest BCUT2D eigenvalue weighted by atomic mass is 32.2. The van der Waals surface area contributed by atoms with Crippen molar-refractivity contribution in [1.29, 1.82) is 0 Å². The maximum absolute atomic E-state index is 12.2. The van der Waals surface area contributed by atoms with Gasteiger partial charge in [0.05, 0.1) is 4.92 Å². The molecule has 0 aliphatic rings. The summed E-state index contributed by atoms with van der Waals surface area (Å²) in [6, 6.07) is 2.94. The molecule has 0 aliphatic carbocycles. The highest BCUT2D eigenvalue weighted by Crippen LogP contribution is 2.37. The number of nitro groups is 1. The average molecular weight is 378 g/mol. The van der Waals surface area contributed by atoms with Crippen LogP contribution in [0.15, 0.2) is 26.2 Å². The van der Waals surface area contributed by atoms with E-state index in [0.717, 1.165) is 12.8 Å². The molecule has 0 saturated carbocycles. The van der Waals surface area contributed by atoms with Crippen molar-refractivity contribution in [2.24, 2.45) is 0 Å². The van der Waals surface area contributed by atoms with E-state index in [2.05, 4.69) is 0 Å². The number of unbranched alkanes of at least 4 members (excludes halogenated alkanes) is 1. The smallest absolute Gasteiger partial charge is 0.348 e. The Morgan fingerprint density at radius 3 is 2.50 bits per heavy atom. The number of rotatable bonds is 9. The Balaban J connectivity index is 2.79. The summed E-state index contributed by atoms with van der Waals surface area (Å²) >= 11 is 1.36. The normalized spacial score (nSPS) is 10.9. The Morgan fingerprint density at radius 2 is 1.96 bits per heavy atom. The Morgan fingerprint density at radius 1 is 1.27 bits per heavy atom. The quantitative estimate of drug-likeness (QED) is 0.161. The summed E-state index contributed by atoms with van der Waals surface area (Å²) in [5.74, 6) is 0.710. The van der Waals surface area contributed by atoms with E-state index in [0.29, 0.717) is 41.1 Å². The van der Waals surface area contributed by atoms with Crippen molar-refractivity contribution < 1.29 is 14.1 Å². The highest BCUT2D eigenvalue weighted by Gasteiger charge is 2.23. The van der Waals surface area contributed by atoms with E-state index in [4.69, 9.17) is 4.42 Å². The van der Waals surface area contributed by atoms with Crippen LogP contribution in [0.2, 0.25) is 0 Å². The number of nitrogens with zero attached hydrogens (tertiary/aromatic N) is 2. The van der Waals surface area contributed by atoms with Gasteiger partial charge in [0.15, 0.2) is 6.29 Å². The summed E-state index contributed by atoms with van der Waals surface area (Å²) in [5, 5.41) is 12.0. The molecule has 1 heterocycles. The fourth-order valence-electron chi connectivity index (χ4n) is 2.75. The van der Waals surface area contributed by atoms with E-state index in [-0.39, 0.29) is 16.8 Å². The molecule has 7 nitrogen and oxygen atoms in total. The molecular weight excluding hydrogens is 356 g/mol. The van der Waals surface area contributed by atoms with Gasteiger partial charge >= 0.3 is 5.63 Å². The second kappa shape index (κ2) is 8.84. The lowest BCUT2D eigenvalue weighted by molar-refractivity contribution is -0.384. The van der Waals surface area contributed by atoms with Crippen molar-refractivity contribution in [2.75, 3.05) is 23.7 Å². The average Bonchev–Trinajstić information content (AvgIpc) is 2.62. The molecule has 0 atom stereocenters. The molecule has 26 heavy (non-hydrogen) atoms. The molecule has 1 aromatic carbocycles. The first kappa shape index (κ1) is 20.0. The largest absolute Gasteiger partial charge is 0.422 e. The first-order valence-electron chi connectivity index (χ1n) is 8.60. The molecule has 2 rings (SSSR count). The third kappa shape index (κ3) is 3.90. The second-order valence-corrected chi connectivity index (χ2v) is 6.82. The van der Waals surface area contributed by atoms with Gasteiger partial charge in [0, 0.05) is 35.5 Å². The highest BCUT2D eigenvalue weighted by molar-refractivity contribution is 7.99. The van der Waals surface area contributed by atoms with Gasteiger partial charge in [-0.3, -0.25) is 14.9 Å². The lowest BCUT2D eigenvalue weighted by Crippen LogP contribution is -2.23. The molecule has 0 amide bonds. The Bertz CT molecular complexity index is 874. The lowest BCUT2D eigenvalue weighted by Gasteiger charge is -2.21. The zero-order valence-corrected chi connectivity index (χ0v) is 15.9. The third-order valence-electron chi connectivity index (χ3n) is 4.15. The predicted molar refractivity (Wildman–Crippen MR) is 104 cm³/mol. The van der Waals surface area contributed by atoms with Gasteiger partial charge in [-0.25, -0.2) is 4.79 Å². The maximum Gasteiger partial charge on any atom is 0.348 e. The lowest BCUT2D eigenvalue weighted by atomic mass is 10.1. The monoisotopic (exact) mass is 378 g/mol. The Kier molecular flexibility index (Phi) is 6.79. The number of carbonyl (C=O) groups excluding carboxylic acids is 1. The van der Waals surface area contributed by atoms with Gasteiger partial charge in [0.1, 0.15) is 16.8 Å². The van der Waals surface area contributed by atoms with Gasteiger partial charge in [-0.1, -0.05) is 13.3 Å². The molecule has 0 fully saturated rings. The molecule has 0 spiro atoms. The van der Waals surface area contributed by atoms with Crippen molar-refractivity contribution in [2.45, 2.75) is 38.5 Å². The zero-order valence-electron chi connectivity index (χ0n) is 15.1. The molecule has 0 unspecified atom stereocenters. The van der Waals surface area contributed by atoms with Crippen LogP contribution in [0.1, 0.15) is 44.0 Å². The van der Waals surface area contributed by atoms with Crippen LogP contribution >= 0.6 is 11.8 Å². The number of hydrogen-bond acceptors (Lipinski definition) is 7. The summed E-state index contributed by atoms with van der Waals surface area (Å²) in [7, 11) is 0. The molecule has 0 saturated heterocycles. The Hall–Kier alpha value is -2.35. The third-order valence-corrected chi connectivity index (χ3v) is 5.37. The summed E-state index contributed by atoms with van der Waals surface area (Å²) < 4.78 is 5.30. The van der Waals surface area contributed by atoms with Crippen LogP contribution in [0.5, 0.6) is 0 Å². The standard InChI is InChI=1S/C18H22N2O5S/c1-4-7-8-26-17-12-9-15(20(23)24)14(19(5-2)6-3)10-16(12)25-18(22)13(17)11-21/h9-11H,4-8H2,1-3H3. The molecule has 0 aliphatic heterocycles. The van der Waals surface area contributed by atoms with E-state index in [1.807, 2.05) is 25.7 Å². The van der Waals surface area contributed by atoms with Gasteiger partial charge in [-0.15, -0.1) is 11.8 Å². The summed E-state index contributed by atoms with van der Waals surface area (Å²) in [6.45, 7) is 7.00. The van der Waals surface area contributed by atoms with E-state index < -0.39 is 10.5 Å². The number of anilines is 1. The molecule has 2 aromatic rings. The van der Waals surface area contributed by atoms with Gasteiger partial charge < -0.3 is 9.32 Å². The number of fused-ring (bicyclic) bond motifs is 1. The summed E-state index contributed by atoms with van der Waals surface area (Å²) in [4.78, 5) is 37.0. The fourth-order valence-corrected chi connectivity index (χ4v) is 3.99. The number of carbonyl (C=O) groups is 1. The minimum Gasteiger partial charge on any atom is -0.422 e. The van der Waals surface area contributed by atoms with Crippen LogP contribution in [0, 0.1) is 10.1 Å². The van der Waals surface area contributed by atoms with Crippen LogP contribution in [-0.4, -0.2) is 30.1 Å².